The quantitative estimate of drug-likeness (QED) is 0.352. The van der Waals surface area contributed by atoms with Gasteiger partial charge < -0.3 is 15.1 Å². The van der Waals surface area contributed by atoms with Crippen molar-refractivity contribution in [2.24, 2.45) is 5.92 Å². The zero-order valence-corrected chi connectivity index (χ0v) is 8.56. The molecule has 0 aromatic carbocycles. The van der Waals surface area contributed by atoms with Gasteiger partial charge in [0.2, 0.25) is 0 Å². The summed E-state index contributed by atoms with van der Waals surface area (Å²) in [4.78, 5) is 22.9. The van der Waals surface area contributed by atoms with Gasteiger partial charge in [0.15, 0.2) is 5.92 Å². The van der Waals surface area contributed by atoms with Crippen LogP contribution in [0.3, 0.4) is 0 Å². The molecule has 0 radical (unpaired) electrons. The van der Waals surface area contributed by atoms with Gasteiger partial charge in [-0.2, -0.15) is 0 Å². The van der Waals surface area contributed by atoms with E-state index < -0.39 is 17.9 Å². The van der Waals surface area contributed by atoms with Crippen LogP contribution in [-0.2, 0) is 9.59 Å². The topological polar surface area (TPSA) is 77.8 Å². The molecule has 0 aliphatic heterocycles. The van der Waals surface area contributed by atoms with Crippen LogP contribution in [0.2, 0.25) is 0 Å². The van der Waals surface area contributed by atoms with Gasteiger partial charge in [-0.25, -0.2) is 0 Å². The Morgan fingerprint density at radius 1 is 1.06 bits per heavy atom. The van der Waals surface area contributed by atoms with E-state index in [0.717, 1.165) is 13.0 Å². The van der Waals surface area contributed by atoms with Gasteiger partial charge in [0.1, 0.15) is 0 Å². The molecule has 0 aromatic heterocycles. The van der Waals surface area contributed by atoms with Gasteiger partial charge in [-0.15, -0.1) is 0 Å². The summed E-state index contributed by atoms with van der Waals surface area (Å²) >= 11 is 0. The van der Waals surface area contributed by atoms with Crippen molar-refractivity contribution >= 4 is 71.1 Å². The standard InChI is InChI=1S/C9H17NO4.2Na.2H/c1-10(2)6-4-3-5-7(8(11)12)9(13)14;;;;/h7H,3-6H2,1-2H3,(H,11,12)(H,13,14);;;;. The minimum absolute atomic E-state index is 0. The molecule has 0 aliphatic rings. The molecule has 7 heteroatoms. The molecule has 0 saturated heterocycles. The third-order valence-corrected chi connectivity index (χ3v) is 1.94. The molecule has 0 rings (SSSR count). The van der Waals surface area contributed by atoms with Crippen LogP contribution in [0.15, 0.2) is 0 Å². The third-order valence-electron chi connectivity index (χ3n) is 1.94. The molecule has 0 aromatic rings. The number of aliphatic carboxylic acids is 2. The predicted molar refractivity (Wildman–Crippen MR) is 65.5 cm³/mol. The van der Waals surface area contributed by atoms with E-state index >= 15 is 0 Å². The Labute approximate surface area is 140 Å². The number of hydrogen-bond donors (Lipinski definition) is 2. The maximum atomic E-state index is 10.5. The van der Waals surface area contributed by atoms with E-state index in [1.54, 1.807) is 0 Å². The SMILES string of the molecule is CN(C)CCCCC(C(=O)O)C(=O)O.[NaH].[NaH]. The van der Waals surface area contributed by atoms with Crippen molar-refractivity contribution in [3.63, 3.8) is 0 Å². The van der Waals surface area contributed by atoms with E-state index in [4.69, 9.17) is 10.2 Å². The van der Waals surface area contributed by atoms with Crippen LogP contribution in [0.25, 0.3) is 0 Å². The molecule has 0 fully saturated rings. The Morgan fingerprint density at radius 3 is 1.81 bits per heavy atom. The fraction of sp³-hybridized carbons (Fsp3) is 0.778. The fourth-order valence-electron chi connectivity index (χ4n) is 1.13. The summed E-state index contributed by atoms with van der Waals surface area (Å²) < 4.78 is 0. The van der Waals surface area contributed by atoms with Crippen LogP contribution in [0, 0.1) is 5.92 Å². The molecule has 0 atom stereocenters. The Balaban J connectivity index is -0.000000845. The summed E-state index contributed by atoms with van der Waals surface area (Å²) in [6.07, 6.45) is 1.66. The summed E-state index contributed by atoms with van der Waals surface area (Å²) in [7, 11) is 3.84. The first kappa shape index (κ1) is 22.1. The molecular formula is C9H19NNa2O4. The summed E-state index contributed by atoms with van der Waals surface area (Å²) in [6.45, 7) is 0.853. The molecule has 0 amide bonds. The van der Waals surface area contributed by atoms with Crippen molar-refractivity contribution in [1.29, 1.82) is 0 Å². The van der Waals surface area contributed by atoms with E-state index in [2.05, 4.69) is 0 Å². The zero-order chi connectivity index (χ0) is 11.1. The summed E-state index contributed by atoms with van der Waals surface area (Å²) in [5.41, 5.74) is 0. The number of carbonyl (C=O) groups is 2. The van der Waals surface area contributed by atoms with Gasteiger partial charge in [0, 0.05) is 0 Å². The molecule has 5 nitrogen and oxygen atoms in total. The summed E-state index contributed by atoms with van der Waals surface area (Å²) in [6, 6.07) is 0. The number of hydrogen-bond acceptors (Lipinski definition) is 3. The number of nitrogens with zero attached hydrogens (tertiary/aromatic N) is 1. The van der Waals surface area contributed by atoms with Crippen LogP contribution in [-0.4, -0.2) is 107 Å². The first-order valence-electron chi connectivity index (χ1n) is 4.55. The zero-order valence-electron chi connectivity index (χ0n) is 8.56. The van der Waals surface area contributed by atoms with Crippen molar-refractivity contribution in [3.8, 4) is 0 Å². The van der Waals surface area contributed by atoms with Gasteiger partial charge in [-0.3, -0.25) is 9.59 Å². The predicted octanol–water partition coefficient (Wildman–Crippen LogP) is -0.793. The summed E-state index contributed by atoms with van der Waals surface area (Å²) in [5, 5.41) is 17.1. The van der Waals surface area contributed by atoms with E-state index in [1.165, 1.54) is 0 Å². The number of unbranched alkanes of at least 4 members (excludes halogenated alkanes) is 1. The van der Waals surface area contributed by atoms with Crippen molar-refractivity contribution in [2.75, 3.05) is 20.6 Å². The van der Waals surface area contributed by atoms with Crippen molar-refractivity contribution in [3.05, 3.63) is 0 Å². The normalized spacial score (nSPS) is 9.50. The van der Waals surface area contributed by atoms with Gasteiger partial charge in [0.25, 0.3) is 0 Å². The Hall–Kier alpha value is 0.900. The Kier molecular flexibility index (Phi) is 17.1. The minimum atomic E-state index is -1.25. The average molecular weight is 251 g/mol. The molecule has 86 valence electrons. The molecule has 16 heavy (non-hydrogen) atoms. The van der Waals surface area contributed by atoms with Gasteiger partial charge >= 0.3 is 71.1 Å². The van der Waals surface area contributed by atoms with E-state index in [0.29, 0.717) is 6.42 Å². The molecule has 2 N–H and O–H groups in total. The number of carboxylic acid groups (broad SMARTS) is 2. The Bertz CT molecular complexity index is 198. The van der Waals surface area contributed by atoms with Gasteiger partial charge in [0.05, 0.1) is 0 Å². The average Bonchev–Trinajstić information content (AvgIpc) is 2.01. The number of carboxylic acids is 2. The van der Waals surface area contributed by atoms with Crippen LogP contribution < -0.4 is 0 Å². The molecule has 0 aliphatic carbocycles. The second-order valence-corrected chi connectivity index (χ2v) is 3.53. The molecule has 0 saturated carbocycles. The monoisotopic (exact) mass is 251 g/mol. The van der Waals surface area contributed by atoms with Gasteiger partial charge in [-0.05, 0) is 33.5 Å². The second-order valence-electron chi connectivity index (χ2n) is 3.53. The van der Waals surface area contributed by atoms with E-state index in [9.17, 15) is 9.59 Å². The molecule has 0 unspecified atom stereocenters. The molecule has 0 heterocycles. The first-order valence-corrected chi connectivity index (χ1v) is 4.55. The van der Waals surface area contributed by atoms with Crippen molar-refractivity contribution < 1.29 is 19.8 Å². The first-order chi connectivity index (χ1) is 6.45. The van der Waals surface area contributed by atoms with Crippen LogP contribution >= 0.6 is 0 Å². The summed E-state index contributed by atoms with van der Waals surface area (Å²) in [5.74, 6) is -3.75. The maximum absolute atomic E-state index is 10.5. The van der Waals surface area contributed by atoms with Crippen LogP contribution in [0.5, 0.6) is 0 Å². The van der Waals surface area contributed by atoms with Crippen LogP contribution in [0.4, 0.5) is 0 Å². The molecular weight excluding hydrogens is 232 g/mol. The van der Waals surface area contributed by atoms with Gasteiger partial charge in [-0.1, -0.05) is 6.42 Å². The van der Waals surface area contributed by atoms with E-state index in [-0.39, 0.29) is 65.5 Å². The third kappa shape index (κ3) is 11.4. The van der Waals surface area contributed by atoms with Crippen LogP contribution in [0.1, 0.15) is 19.3 Å². The van der Waals surface area contributed by atoms with Crippen molar-refractivity contribution in [1.82, 2.24) is 4.90 Å². The molecule has 0 bridgehead atoms. The Morgan fingerprint density at radius 2 is 1.50 bits per heavy atom. The second kappa shape index (κ2) is 12.4. The number of rotatable bonds is 7. The van der Waals surface area contributed by atoms with Crippen molar-refractivity contribution in [2.45, 2.75) is 19.3 Å². The fourth-order valence-corrected chi connectivity index (χ4v) is 1.13. The van der Waals surface area contributed by atoms with E-state index in [1.807, 2.05) is 19.0 Å². The molecule has 0 spiro atoms.